The number of carbonyl (C=O) groups excluding carboxylic acids is 1. The molecule has 1 rings (SSSR count). The van der Waals surface area contributed by atoms with E-state index in [-0.39, 0.29) is 0 Å². The fourth-order valence-corrected chi connectivity index (χ4v) is 3.60. The van der Waals surface area contributed by atoms with Crippen molar-refractivity contribution in [3.05, 3.63) is 27.5 Å². The Balaban J connectivity index is 3.37. The van der Waals surface area contributed by atoms with Crippen LogP contribution in [0.2, 0.25) is 10.0 Å². The van der Waals surface area contributed by atoms with Gasteiger partial charge in [0.2, 0.25) is 0 Å². The molecule has 0 saturated carbocycles. The third-order valence-corrected chi connectivity index (χ3v) is 4.37. The van der Waals surface area contributed by atoms with Crippen molar-refractivity contribution in [2.24, 2.45) is 0 Å². The van der Waals surface area contributed by atoms with Gasteiger partial charge in [-0.3, -0.25) is 4.79 Å². The van der Waals surface area contributed by atoms with Crippen LogP contribution in [0.4, 0.5) is 13.2 Å². The number of nitrogens with one attached hydrogen (secondary N) is 1. The van der Waals surface area contributed by atoms with Gasteiger partial charge in [0.1, 0.15) is 10.7 Å². The minimum absolute atomic E-state index is 0.525. The number of amides is 1. The summed E-state index contributed by atoms with van der Waals surface area (Å²) in [4.78, 5) is 10.5. The third kappa shape index (κ3) is 3.91. The standard InChI is InChI=1S/C9H5Cl3F3NO3S/c10-6-3(9(17)16-2-5(14)15)1-4(13)7(11)8(6)20(12,18)19/h1,5H,2H2,(H,16,17). The molecule has 0 atom stereocenters. The maximum Gasteiger partial charge on any atom is 0.264 e. The fourth-order valence-electron chi connectivity index (χ4n) is 1.22. The highest BCUT2D eigenvalue weighted by molar-refractivity contribution is 8.14. The highest BCUT2D eigenvalue weighted by atomic mass is 35.7. The van der Waals surface area contributed by atoms with Crippen LogP contribution in [0, 0.1) is 5.82 Å². The first kappa shape index (κ1) is 17.4. The van der Waals surface area contributed by atoms with Crippen molar-refractivity contribution in [3.63, 3.8) is 0 Å². The Morgan fingerprint density at radius 1 is 1.30 bits per heavy atom. The molecule has 0 heterocycles. The van der Waals surface area contributed by atoms with Crippen molar-refractivity contribution in [2.45, 2.75) is 11.3 Å². The van der Waals surface area contributed by atoms with Crippen LogP contribution in [0.25, 0.3) is 0 Å². The number of benzene rings is 1. The second-order valence-corrected chi connectivity index (χ2v) is 6.66. The smallest absolute Gasteiger partial charge is 0.264 e. The van der Waals surface area contributed by atoms with E-state index in [1.807, 2.05) is 0 Å². The molecule has 20 heavy (non-hydrogen) atoms. The Kier molecular flexibility index (Phi) is 5.54. The van der Waals surface area contributed by atoms with E-state index in [9.17, 15) is 26.4 Å². The number of rotatable bonds is 4. The second kappa shape index (κ2) is 6.38. The monoisotopic (exact) mass is 369 g/mol. The van der Waals surface area contributed by atoms with Crippen LogP contribution in [0.3, 0.4) is 0 Å². The molecule has 0 unspecified atom stereocenters. The SMILES string of the molecule is O=C(NCC(F)F)c1cc(F)c(Cl)c(S(=O)(=O)Cl)c1Cl. The molecule has 0 aliphatic rings. The summed E-state index contributed by atoms with van der Waals surface area (Å²) in [5.41, 5.74) is -0.673. The molecular formula is C9H5Cl3F3NO3S. The van der Waals surface area contributed by atoms with Gasteiger partial charge >= 0.3 is 0 Å². The molecule has 0 aliphatic heterocycles. The topological polar surface area (TPSA) is 63.2 Å². The lowest BCUT2D eigenvalue weighted by Gasteiger charge is -2.10. The molecular weight excluding hydrogens is 366 g/mol. The molecule has 0 fully saturated rings. The predicted octanol–water partition coefficient (Wildman–Crippen LogP) is 3.05. The maximum atomic E-state index is 13.5. The Bertz CT molecular complexity index is 652. The summed E-state index contributed by atoms with van der Waals surface area (Å²) in [6.07, 6.45) is -2.84. The normalized spacial score (nSPS) is 11.8. The molecule has 112 valence electrons. The third-order valence-electron chi connectivity index (χ3n) is 2.02. The molecule has 1 amide bonds. The van der Waals surface area contributed by atoms with Crippen LogP contribution in [0.15, 0.2) is 11.0 Å². The van der Waals surface area contributed by atoms with Gasteiger partial charge in [-0.15, -0.1) is 0 Å². The lowest BCUT2D eigenvalue weighted by Crippen LogP contribution is -2.29. The van der Waals surface area contributed by atoms with E-state index >= 15 is 0 Å². The van der Waals surface area contributed by atoms with Crippen molar-refractivity contribution in [2.75, 3.05) is 6.54 Å². The van der Waals surface area contributed by atoms with Crippen LogP contribution in [-0.4, -0.2) is 27.3 Å². The van der Waals surface area contributed by atoms with Gasteiger partial charge in [-0.1, -0.05) is 23.2 Å². The molecule has 1 N–H and O–H groups in total. The van der Waals surface area contributed by atoms with Gasteiger partial charge in [0, 0.05) is 10.7 Å². The van der Waals surface area contributed by atoms with Crippen LogP contribution in [-0.2, 0) is 9.05 Å². The highest BCUT2D eigenvalue weighted by Gasteiger charge is 2.27. The maximum absolute atomic E-state index is 13.5. The zero-order chi connectivity index (χ0) is 15.7. The summed E-state index contributed by atoms with van der Waals surface area (Å²) < 4.78 is 59.9. The van der Waals surface area contributed by atoms with Gasteiger partial charge in [0.05, 0.1) is 22.2 Å². The largest absolute Gasteiger partial charge is 0.346 e. The van der Waals surface area contributed by atoms with E-state index < -0.39 is 54.2 Å². The summed E-state index contributed by atoms with van der Waals surface area (Å²) in [6, 6.07) is 0.525. The summed E-state index contributed by atoms with van der Waals surface area (Å²) in [7, 11) is 0.496. The number of hydrogen-bond acceptors (Lipinski definition) is 3. The van der Waals surface area contributed by atoms with E-state index in [2.05, 4.69) is 0 Å². The molecule has 0 aliphatic carbocycles. The fraction of sp³-hybridized carbons (Fsp3) is 0.222. The first-order valence-corrected chi connectivity index (χ1v) is 7.80. The van der Waals surface area contributed by atoms with Crippen molar-refractivity contribution >= 4 is 48.8 Å². The van der Waals surface area contributed by atoms with Crippen LogP contribution >= 0.6 is 33.9 Å². The lowest BCUT2D eigenvalue weighted by molar-refractivity contribution is 0.0891. The van der Waals surface area contributed by atoms with Crippen molar-refractivity contribution in [1.82, 2.24) is 5.32 Å². The Labute approximate surface area is 126 Å². The van der Waals surface area contributed by atoms with Crippen molar-refractivity contribution in [1.29, 1.82) is 0 Å². The van der Waals surface area contributed by atoms with E-state index in [4.69, 9.17) is 33.9 Å². The average Bonchev–Trinajstić information content (AvgIpc) is 2.29. The van der Waals surface area contributed by atoms with Gasteiger partial charge in [-0.2, -0.15) is 0 Å². The minimum Gasteiger partial charge on any atom is -0.346 e. The molecule has 0 aromatic heterocycles. The zero-order valence-corrected chi connectivity index (χ0v) is 12.3. The summed E-state index contributed by atoms with van der Waals surface area (Å²) in [5.74, 6) is -2.47. The van der Waals surface area contributed by atoms with E-state index in [0.29, 0.717) is 6.07 Å². The number of hydrogen-bond donors (Lipinski definition) is 1. The van der Waals surface area contributed by atoms with Gasteiger partial charge in [-0.25, -0.2) is 21.6 Å². The lowest BCUT2D eigenvalue weighted by atomic mass is 10.2. The Morgan fingerprint density at radius 3 is 2.30 bits per heavy atom. The molecule has 4 nitrogen and oxygen atoms in total. The van der Waals surface area contributed by atoms with Crippen LogP contribution in [0.5, 0.6) is 0 Å². The molecule has 0 saturated heterocycles. The molecule has 1 aromatic rings. The second-order valence-electron chi connectivity index (χ2n) is 3.40. The molecule has 1 aromatic carbocycles. The van der Waals surface area contributed by atoms with E-state index in [1.54, 1.807) is 5.32 Å². The minimum atomic E-state index is -4.53. The van der Waals surface area contributed by atoms with Crippen molar-refractivity contribution in [3.8, 4) is 0 Å². The van der Waals surface area contributed by atoms with Gasteiger partial charge in [0.25, 0.3) is 21.4 Å². The Morgan fingerprint density at radius 2 is 1.85 bits per heavy atom. The van der Waals surface area contributed by atoms with E-state index in [1.165, 1.54) is 0 Å². The molecule has 0 bridgehead atoms. The Hall–Kier alpha value is -0.700. The van der Waals surface area contributed by atoms with Gasteiger partial charge < -0.3 is 5.32 Å². The van der Waals surface area contributed by atoms with Crippen molar-refractivity contribution < 1.29 is 26.4 Å². The van der Waals surface area contributed by atoms with Crippen LogP contribution in [0.1, 0.15) is 10.4 Å². The molecule has 11 heteroatoms. The summed E-state index contributed by atoms with van der Waals surface area (Å²) in [5, 5.41) is 0.0987. The number of halogens is 6. The van der Waals surface area contributed by atoms with Crippen LogP contribution < -0.4 is 5.32 Å². The predicted molar refractivity (Wildman–Crippen MR) is 67.8 cm³/mol. The summed E-state index contributed by atoms with van der Waals surface area (Å²) in [6.45, 7) is -1.01. The average molecular weight is 371 g/mol. The van der Waals surface area contributed by atoms with Gasteiger partial charge in [0.15, 0.2) is 0 Å². The first-order chi connectivity index (χ1) is 9.05. The summed E-state index contributed by atoms with van der Waals surface area (Å²) >= 11 is 11.0. The quantitative estimate of drug-likeness (QED) is 0.654. The molecule has 0 spiro atoms. The molecule has 0 radical (unpaired) electrons. The van der Waals surface area contributed by atoms with E-state index in [0.717, 1.165) is 0 Å². The number of alkyl halides is 2. The number of carbonyl (C=O) groups is 1. The first-order valence-electron chi connectivity index (χ1n) is 4.74. The highest BCUT2D eigenvalue weighted by Crippen LogP contribution is 2.36. The zero-order valence-electron chi connectivity index (χ0n) is 9.26. The van der Waals surface area contributed by atoms with Gasteiger partial charge in [-0.05, 0) is 6.07 Å².